The molecule has 1 saturated heterocycles. The molecule has 2 atom stereocenters. The zero-order chi connectivity index (χ0) is 14.6. The van der Waals surface area contributed by atoms with Crippen LogP contribution < -0.4 is 0 Å². The van der Waals surface area contributed by atoms with E-state index >= 15 is 0 Å². The van der Waals surface area contributed by atoms with Crippen LogP contribution in [0.2, 0.25) is 0 Å². The van der Waals surface area contributed by atoms with Gasteiger partial charge in [-0.1, -0.05) is 44.2 Å². The number of nitrogens with zero attached hydrogens (tertiary/aromatic N) is 2. The van der Waals surface area contributed by atoms with Gasteiger partial charge in [-0.2, -0.15) is 0 Å². The maximum atomic E-state index is 9.91. The lowest BCUT2D eigenvalue weighted by molar-refractivity contribution is 0.0638. The Morgan fingerprint density at radius 3 is 2.55 bits per heavy atom. The number of hydrogen-bond acceptors (Lipinski definition) is 3. The highest BCUT2D eigenvalue weighted by Crippen LogP contribution is 2.25. The van der Waals surface area contributed by atoms with Crippen LogP contribution in [0.15, 0.2) is 30.3 Å². The first-order valence-corrected chi connectivity index (χ1v) is 7.68. The van der Waals surface area contributed by atoms with Crippen LogP contribution >= 0.6 is 0 Å². The first kappa shape index (κ1) is 15.5. The van der Waals surface area contributed by atoms with Gasteiger partial charge in [0.05, 0.1) is 6.61 Å². The molecule has 112 valence electrons. The fourth-order valence-electron chi connectivity index (χ4n) is 3.16. The Morgan fingerprint density at radius 2 is 1.95 bits per heavy atom. The Hall–Kier alpha value is -0.900. The number of hydrogen-bond donors (Lipinski definition) is 1. The summed E-state index contributed by atoms with van der Waals surface area (Å²) in [5.41, 5.74) is 1.06. The molecule has 1 fully saturated rings. The second-order valence-electron chi connectivity index (χ2n) is 6.36. The van der Waals surface area contributed by atoms with Gasteiger partial charge in [-0.25, -0.2) is 0 Å². The summed E-state index contributed by atoms with van der Waals surface area (Å²) in [6.45, 7) is 8.87. The predicted molar refractivity (Wildman–Crippen MR) is 84.0 cm³/mol. The average Bonchev–Trinajstić information content (AvgIpc) is 2.50. The summed E-state index contributed by atoms with van der Waals surface area (Å²) in [7, 11) is 2.22. The van der Waals surface area contributed by atoms with Gasteiger partial charge in [0.15, 0.2) is 0 Å². The van der Waals surface area contributed by atoms with Gasteiger partial charge in [0, 0.05) is 37.6 Å². The minimum Gasteiger partial charge on any atom is -0.395 e. The number of likely N-dealkylation sites (N-methyl/N-ethyl adjacent to an activating group) is 1. The monoisotopic (exact) mass is 276 g/mol. The number of aliphatic hydroxyl groups excluding tert-OH is 1. The van der Waals surface area contributed by atoms with Crippen LogP contribution in [0.5, 0.6) is 0 Å². The lowest BCUT2D eigenvalue weighted by Crippen LogP contribution is -2.54. The third-order valence-corrected chi connectivity index (χ3v) is 4.72. The van der Waals surface area contributed by atoms with Crippen LogP contribution in [0, 0.1) is 0 Å². The highest BCUT2D eigenvalue weighted by Gasteiger charge is 2.31. The van der Waals surface area contributed by atoms with Crippen molar-refractivity contribution in [3.8, 4) is 0 Å². The molecular formula is C17H28N2O. The van der Waals surface area contributed by atoms with E-state index in [2.05, 4.69) is 55.0 Å². The van der Waals surface area contributed by atoms with Crippen molar-refractivity contribution in [2.24, 2.45) is 0 Å². The third-order valence-electron chi connectivity index (χ3n) is 4.72. The molecule has 20 heavy (non-hydrogen) atoms. The molecule has 1 N–H and O–H groups in total. The molecule has 1 heterocycles. The van der Waals surface area contributed by atoms with Crippen LogP contribution in [0.1, 0.15) is 25.8 Å². The Balaban J connectivity index is 2.07. The van der Waals surface area contributed by atoms with Crippen molar-refractivity contribution in [2.75, 3.05) is 39.8 Å². The molecule has 0 saturated carbocycles. The molecule has 1 aliphatic rings. The minimum absolute atomic E-state index is 0.171. The Morgan fingerprint density at radius 1 is 1.25 bits per heavy atom. The third kappa shape index (κ3) is 3.40. The van der Waals surface area contributed by atoms with Crippen molar-refractivity contribution >= 4 is 0 Å². The van der Waals surface area contributed by atoms with E-state index in [-0.39, 0.29) is 12.0 Å². The summed E-state index contributed by atoms with van der Waals surface area (Å²) in [5, 5.41) is 9.91. The van der Waals surface area contributed by atoms with E-state index in [9.17, 15) is 5.11 Å². The van der Waals surface area contributed by atoms with Gasteiger partial charge < -0.3 is 10.0 Å². The second kappa shape index (κ2) is 6.70. The highest BCUT2D eigenvalue weighted by molar-refractivity contribution is 5.25. The van der Waals surface area contributed by atoms with Crippen LogP contribution in [-0.4, -0.2) is 60.8 Å². The molecule has 0 aliphatic carbocycles. The summed E-state index contributed by atoms with van der Waals surface area (Å²) < 4.78 is 0. The van der Waals surface area contributed by atoms with E-state index in [0.717, 1.165) is 26.2 Å². The van der Waals surface area contributed by atoms with Gasteiger partial charge in [-0.05, 0) is 19.0 Å². The Kier molecular flexibility index (Phi) is 5.19. The number of rotatable bonds is 5. The van der Waals surface area contributed by atoms with Crippen LogP contribution in [0.25, 0.3) is 0 Å². The first-order chi connectivity index (χ1) is 9.59. The van der Waals surface area contributed by atoms with Gasteiger partial charge in [0.2, 0.25) is 0 Å². The lowest BCUT2D eigenvalue weighted by atomic mass is 9.82. The molecule has 0 aromatic heterocycles. The van der Waals surface area contributed by atoms with Crippen molar-refractivity contribution in [1.82, 2.24) is 9.80 Å². The molecule has 1 aliphatic heterocycles. The van der Waals surface area contributed by atoms with E-state index in [4.69, 9.17) is 0 Å². The lowest BCUT2D eigenvalue weighted by Gasteiger charge is -2.43. The highest BCUT2D eigenvalue weighted by atomic mass is 16.3. The molecule has 3 nitrogen and oxygen atoms in total. The van der Waals surface area contributed by atoms with Gasteiger partial charge in [-0.15, -0.1) is 0 Å². The molecule has 3 heteroatoms. The van der Waals surface area contributed by atoms with Crippen molar-refractivity contribution in [3.05, 3.63) is 35.9 Å². The summed E-state index contributed by atoms with van der Waals surface area (Å²) in [5.74, 6) is 0. The van der Waals surface area contributed by atoms with E-state index in [1.54, 1.807) is 0 Å². The van der Waals surface area contributed by atoms with Crippen molar-refractivity contribution in [3.63, 3.8) is 0 Å². The standard InChI is InChI=1S/C17H28N2O/c1-4-16-12-19(11-10-18(16)3)13-17(2,14-20)15-8-6-5-7-9-15/h5-9,16,20H,4,10-14H2,1-3H3. The largest absolute Gasteiger partial charge is 0.395 e. The molecule has 0 bridgehead atoms. The quantitative estimate of drug-likeness (QED) is 0.890. The normalized spacial score (nSPS) is 24.5. The maximum Gasteiger partial charge on any atom is 0.0537 e. The fourth-order valence-corrected chi connectivity index (χ4v) is 3.16. The number of benzene rings is 1. The fraction of sp³-hybridized carbons (Fsp3) is 0.647. The van der Waals surface area contributed by atoms with Crippen molar-refractivity contribution < 1.29 is 5.11 Å². The molecule has 1 aromatic rings. The molecule has 0 amide bonds. The molecule has 0 spiro atoms. The van der Waals surface area contributed by atoms with Gasteiger partial charge in [-0.3, -0.25) is 4.90 Å². The minimum atomic E-state index is -0.171. The molecule has 2 unspecified atom stereocenters. The summed E-state index contributed by atoms with van der Waals surface area (Å²) >= 11 is 0. The van der Waals surface area contributed by atoms with Gasteiger partial charge in [0.1, 0.15) is 0 Å². The smallest absolute Gasteiger partial charge is 0.0537 e. The zero-order valence-corrected chi connectivity index (χ0v) is 13.0. The van der Waals surface area contributed by atoms with E-state index in [0.29, 0.717) is 6.04 Å². The Bertz CT molecular complexity index is 409. The average molecular weight is 276 g/mol. The van der Waals surface area contributed by atoms with Crippen molar-refractivity contribution in [2.45, 2.75) is 31.7 Å². The Labute approximate surface area is 123 Å². The van der Waals surface area contributed by atoms with Crippen LogP contribution in [-0.2, 0) is 5.41 Å². The topological polar surface area (TPSA) is 26.7 Å². The first-order valence-electron chi connectivity index (χ1n) is 7.68. The van der Waals surface area contributed by atoms with Crippen molar-refractivity contribution in [1.29, 1.82) is 0 Å². The molecule has 1 aromatic carbocycles. The molecule has 2 rings (SSSR count). The zero-order valence-electron chi connectivity index (χ0n) is 13.0. The van der Waals surface area contributed by atoms with Gasteiger partial charge in [0.25, 0.3) is 0 Å². The summed E-state index contributed by atoms with van der Waals surface area (Å²) in [6, 6.07) is 11.0. The molecular weight excluding hydrogens is 248 g/mol. The SMILES string of the molecule is CCC1CN(CC(C)(CO)c2ccccc2)CCN1C. The summed E-state index contributed by atoms with van der Waals surface area (Å²) in [4.78, 5) is 4.96. The second-order valence-corrected chi connectivity index (χ2v) is 6.36. The van der Waals surface area contributed by atoms with Crippen LogP contribution in [0.3, 0.4) is 0 Å². The van der Waals surface area contributed by atoms with E-state index in [1.807, 2.05) is 6.07 Å². The van der Waals surface area contributed by atoms with Crippen LogP contribution in [0.4, 0.5) is 0 Å². The molecule has 0 radical (unpaired) electrons. The number of piperazine rings is 1. The van der Waals surface area contributed by atoms with E-state index < -0.39 is 0 Å². The van der Waals surface area contributed by atoms with Gasteiger partial charge >= 0.3 is 0 Å². The maximum absolute atomic E-state index is 9.91. The van der Waals surface area contributed by atoms with E-state index in [1.165, 1.54) is 12.0 Å². The predicted octanol–water partition coefficient (Wildman–Crippen LogP) is 1.96. The summed E-state index contributed by atoms with van der Waals surface area (Å²) in [6.07, 6.45) is 1.19. The number of aliphatic hydroxyl groups is 1.